The van der Waals surface area contributed by atoms with Crippen molar-refractivity contribution in [2.75, 3.05) is 0 Å². The third-order valence-corrected chi connectivity index (χ3v) is 3.11. The number of carbonyl (C=O) groups is 1. The van der Waals surface area contributed by atoms with Gasteiger partial charge in [0, 0.05) is 11.9 Å². The normalized spacial score (nSPS) is 12.5. The van der Waals surface area contributed by atoms with Gasteiger partial charge >= 0.3 is 5.97 Å². The van der Waals surface area contributed by atoms with E-state index in [1.807, 2.05) is 6.92 Å². The van der Waals surface area contributed by atoms with E-state index < -0.39 is 11.9 Å². The van der Waals surface area contributed by atoms with Gasteiger partial charge in [-0.1, -0.05) is 25.1 Å². The molecular formula is C14H16N2O3. The molecule has 0 aliphatic rings. The molecule has 0 fully saturated rings. The number of nitrogens with zero attached hydrogens (tertiary/aromatic N) is 2. The number of carboxylic acids is 1. The van der Waals surface area contributed by atoms with Gasteiger partial charge in [0.15, 0.2) is 0 Å². The minimum absolute atomic E-state index is 0.168. The molecule has 1 heterocycles. The van der Waals surface area contributed by atoms with Crippen molar-refractivity contribution < 1.29 is 9.90 Å². The molecule has 2 aromatic rings. The van der Waals surface area contributed by atoms with E-state index in [2.05, 4.69) is 5.10 Å². The highest BCUT2D eigenvalue weighted by Crippen LogP contribution is 2.21. The molecule has 2 rings (SSSR count). The van der Waals surface area contributed by atoms with E-state index in [-0.39, 0.29) is 5.56 Å². The van der Waals surface area contributed by atoms with Crippen LogP contribution in [0.5, 0.6) is 0 Å². The zero-order valence-electron chi connectivity index (χ0n) is 11.0. The second-order valence-corrected chi connectivity index (χ2v) is 4.52. The average molecular weight is 260 g/mol. The summed E-state index contributed by atoms with van der Waals surface area (Å²) in [5.41, 5.74) is 0.273. The Morgan fingerprint density at radius 2 is 2.00 bits per heavy atom. The Labute approximate surface area is 110 Å². The van der Waals surface area contributed by atoms with E-state index in [4.69, 9.17) is 5.11 Å². The van der Waals surface area contributed by atoms with Gasteiger partial charge in [0.1, 0.15) is 0 Å². The SMILES string of the molecule is CCCn1nc([C@H](C)C(=O)O)c2ccccc2c1=O. The van der Waals surface area contributed by atoms with Gasteiger partial charge in [-0.25, -0.2) is 4.68 Å². The van der Waals surface area contributed by atoms with Crippen molar-refractivity contribution in [3.05, 3.63) is 40.3 Å². The summed E-state index contributed by atoms with van der Waals surface area (Å²) >= 11 is 0. The number of fused-ring (bicyclic) bond motifs is 1. The van der Waals surface area contributed by atoms with Crippen molar-refractivity contribution in [2.24, 2.45) is 0 Å². The molecule has 1 N–H and O–H groups in total. The first-order chi connectivity index (χ1) is 9.06. The lowest BCUT2D eigenvalue weighted by atomic mass is 10.0. The van der Waals surface area contributed by atoms with Crippen molar-refractivity contribution in [1.82, 2.24) is 9.78 Å². The Hall–Kier alpha value is -2.17. The molecule has 0 amide bonds. The van der Waals surface area contributed by atoms with Gasteiger partial charge in [0.25, 0.3) is 5.56 Å². The lowest BCUT2D eigenvalue weighted by molar-refractivity contribution is -0.138. The van der Waals surface area contributed by atoms with Crippen LogP contribution in [0.15, 0.2) is 29.1 Å². The lowest BCUT2D eigenvalue weighted by Gasteiger charge is -2.12. The topological polar surface area (TPSA) is 72.2 Å². The van der Waals surface area contributed by atoms with Crippen LogP contribution in [0.25, 0.3) is 10.8 Å². The molecule has 0 unspecified atom stereocenters. The van der Waals surface area contributed by atoms with Crippen LogP contribution in [0, 0.1) is 0 Å². The Kier molecular flexibility index (Phi) is 3.64. The first-order valence-corrected chi connectivity index (χ1v) is 6.28. The van der Waals surface area contributed by atoms with E-state index in [9.17, 15) is 9.59 Å². The maximum absolute atomic E-state index is 12.2. The van der Waals surface area contributed by atoms with Gasteiger partial charge in [-0.2, -0.15) is 5.10 Å². The predicted octanol–water partition coefficient (Wildman–Crippen LogP) is 1.99. The minimum atomic E-state index is -0.945. The second kappa shape index (κ2) is 5.22. The zero-order chi connectivity index (χ0) is 14.0. The highest BCUT2D eigenvalue weighted by Gasteiger charge is 2.20. The molecular weight excluding hydrogens is 244 g/mol. The highest BCUT2D eigenvalue weighted by atomic mass is 16.4. The van der Waals surface area contributed by atoms with Gasteiger partial charge in [0.2, 0.25) is 0 Å². The molecule has 0 aliphatic carbocycles. The molecule has 0 spiro atoms. The first-order valence-electron chi connectivity index (χ1n) is 6.28. The molecule has 0 bridgehead atoms. The fourth-order valence-corrected chi connectivity index (χ4v) is 2.06. The first kappa shape index (κ1) is 13.3. The molecule has 0 radical (unpaired) electrons. The zero-order valence-corrected chi connectivity index (χ0v) is 11.0. The second-order valence-electron chi connectivity index (χ2n) is 4.52. The van der Waals surface area contributed by atoms with Gasteiger partial charge < -0.3 is 5.11 Å². The number of rotatable bonds is 4. The maximum Gasteiger partial charge on any atom is 0.312 e. The van der Waals surface area contributed by atoms with Gasteiger partial charge in [0.05, 0.1) is 17.0 Å². The van der Waals surface area contributed by atoms with Crippen LogP contribution in [-0.4, -0.2) is 20.9 Å². The smallest absolute Gasteiger partial charge is 0.312 e. The van der Waals surface area contributed by atoms with Gasteiger partial charge in [-0.3, -0.25) is 9.59 Å². The molecule has 1 aromatic heterocycles. The number of aliphatic carboxylic acids is 1. The molecule has 19 heavy (non-hydrogen) atoms. The summed E-state index contributed by atoms with van der Waals surface area (Å²) in [5, 5.41) is 14.5. The summed E-state index contributed by atoms with van der Waals surface area (Å²) in [5.74, 6) is -1.69. The van der Waals surface area contributed by atoms with Crippen LogP contribution in [-0.2, 0) is 11.3 Å². The van der Waals surface area contributed by atoms with Gasteiger partial charge in [-0.15, -0.1) is 0 Å². The Morgan fingerprint density at radius 1 is 1.37 bits per heavy atom. The molecule has 0 aliphatic heterocycles. The Morgan fingerprint density at radius 3 is 2.58 bits per heavy atom. The van der Waals surface area contributed by atoms with E-state index in [1.54, 1.807) is 31.2 Å². The largest absolute Gasteiger partial charge is 0.481 e. The molecule has 100 valence electrons. The summed E-state index contributed by atoms with van der Waals surface area (Å²) in [6.45, 7) is 4.02. The van der Waals surface area contributed by atoms with Crippen LogP contribution >= 0.6 is 0 Å². The van der Waals surface area contributed by atoms with Gasteiger partial charge in [-0.05, 0) is 19.4 Å². The lowest BCUT2D eigenvalue weighted by Crippen LogP contribution is -2.26. The van der Waals surface area contributed by atoms with Crippen LogP contribution in [0.3, 0.4) is 0 Å². The predicted molar refractivity (Wildman–Crippen MR) is 72.3 cm³/mol. The fraction of sp³-hybridized carbons (Fsp3) is 0.357. The van der Waals surface area contributed by atoms with E-state index in [0.29, 0.717) is 23.0 Å². The quantitative estimate of drug-likeness (QED) is 0.912. The van der Waals surface area contributed by atoms with E-state index >= 15 is 0 Å². The van der Waals surface area contributed by atoms with Crippen LogP contribution in [0.2, 0.25) is 0 Å². The van der Waals surface area contributed by atoms with E-state index in [1.165, 1.54) is 4.68 Å². The summed E-state index contributed by atoms with van der Waals surface area (Å²) in [7, 11) is 0. The Bertz CT molecular complexity index is 676. The summed E-state index contributed by atoms with van der Waals surface area (Å²) in [6.07, 6.45) is 0.770. The van der Waals surface area contributed by atoms with Crippen LogP contribution < -0.4 is 5.56 Å². The molecule has 0 saturated heterocycles. The average Bonchev–Trinajstić information content (AvgIpc) is 2.41. The monoisotopic (exact) mass is 260 g/mol. The summed E-state index contributed by atoms with van der Waals surface area (Å²) in [4.78, 5) is 23.4. The Balaban J connectivity index is 2.78. The summed E-state index contributed by atoms with van der Waals surface area (Å²) in [6, 6.07) is 7.01. The number of carboxylic acid groups (broad SMARTS) is 1. The minimum Gasteiger partial charge on any atom is -0.481 e. The maximum atomic E-state index is 12.2. The van der Waals surface area contributed by atoms with Crippen molar-refractivity contribution in [3.8, 4) is 0 Å². The third-order valence-electron chi connectivity index (χ3n) is 3.11. The molecule has 1 atom stereocenters. The number of aromatic nitrogens is 2. The third kappa shape index (κ3) is 2.36. The number of aryl methyl sites for hydroxylation is 1. The molecule has 1 aromatic carbocycles. The highest BCUT2D eigenvalue weighted by molar-refractivity contribution is 5.88. The molecule has 0 saturated carbocycles. The molecule has 5 nitrogen and oxygen atoms in total. The summed E-state index contributed by atoms with van der Waals surface area (Å²) < 4.78 is 1.36. The van der Waals surface area contributed by atoms with Crippen molar-refractivity contribution in [3.63, 3.8) is 0 Å². The number of hydrogen-bond donors (Lipinski definition) is 1. The van der Waals surface area contributed by atoms with Crippen molar-refractivity contribution in [2.45, 2.75) is 32.7 Å². The standard InChI is InChI=1S/C14H16N2O3/c1-3-8-16-13(17)11-7-5-4-6-10(11)12(15-16)9(2)14(18)19/h4-7,9H,3,8H2,1-2H3,(H,18,19)/t9-/m0/s1. The van der Waals surface area contributed by atoms with E-state index in [0.717, 1.165) is 6.42 Å². The van der Waals surface area contributed by atoms with Crippen LogP contribution in [0.4, 0.5) is 0 Å². The number of benzene rings is 1. The van der Waals surface area contributed by atoms with Crippen LogP contribution in [0.1, 0.15) is 31.9 Å². The van der Waals surface area contributed by atoms with Crippen molar-refractivity contribution >= 4 is 16.7 Å². The fourth-order valence-electron chi connectivity index (χ4n) is 2.06. The van der Waals surface area contributed by atoms with Crippen molar-refractivity contribution in [1.29, 1.82) is 0 Å². The number of hydrogen-bond acceptors (Lipinski definition) is 3. The molecule has 5 heteroatoms.